The first kappa shape index (κ1) is 21.8. The van der Waals surface area contributed by atoms with E-state index >= 15 is 0 Å². The Bertz CT molecular complexity index is 568. The summed E-state index contributed by atoms with van der Waals surface area (Å²) in [5, 5.41) is 7.50. The highest BCUT2D eigenvalue weighted by Gasteiger charge is 2.38. The molecule has 3 rings (SSSR count). The maximum Gasteiger partial charge on any atom is 0.226 e. The molecule has 1 aliphatic heterocycles. The van der Waals surface area contributed by atoms with Crippen LogP contribution >= 0.6 is 35.7 Å². The average molecular weight is 493 g/mol. The number of nitrogens with one attached hydrogen (secondary N) is 1. The second-order valence-corrected chi connectivity index (χ2v) is 8.52. The van der Waals surface area contributed by atoms with Crippen LogP contribution < -0.4 is 5.32 Å². The van der Waals surface area contributed by atoms with Gasteiger partial charge in [0.05, 0.1) is 0 Å². The highest BCUT2D eigenvalue weighted by Crippen LogP contribution is 2.42. The molecule has 1 saturated heterocycles. The largest absolute Gasteiger partial charge is 0.357 e. The van der Waals surface area contributed by atoms with Crippen molar-refractivity contribution in [1.29, 1.82) is 0 Å². The predicted octanol–water partition coefficient (Wildman–Crippen LogP) is 3.51. The molecule has 8 heteroatoms. The van der Waals surface area contributed by atoms with Crippen molar-refractivity contribution in [2.24, 2.45) is 4.99 Å². The monoisotopic (exact) mass is 493 g/mol. The smallest absolute Gasteiger partial charge is 0.226 e. The van der Waals surface area contributed by atoms with Crippen molar-refractivity contribution in [2.45, 2.75) is 63.5 Å². The summed E-state index contributed by atoms with van der Waals surface area (Å²) in [7, 11) is 0. The van der Waals surface area contributed by atoms with E-state index < -0.39 is 0 Å². The lowest BCUT2D eigenvalue weighted by Crippen LogP contribution is -2.53. The van der Waals surface area contributed by atoms with Crippen molar-refractivity contribution >= 4 is 41.7 Å². The summed E-state index contributed by atoms with van der Waals surface area (Å²) >= 11 is 2.19. The minimum atomic E-state index is 0. The van der Waals surface area contributed by atoms with Gasteiger partial charge in [-0.05, 0) is 19.8 Å². The first-order chi connectivity index (χ1) is 12.2. The van der Waals surface area contributed by atoms with Crippen LogP contribution in [0.1, 0.15) is 57.7 Å². The van der Waals surface area contributed by atoms with E-state index in [9.17, 15) is 0 Å². The molecule has 148 valence electrons. The van der Waals surface area contributed by atoms with Crippen LogP contribution in [0.25, 0.3) is 0 Å². The van der Waals surface area contributed by atoms with Crippen molar-refractivity contribution in [3.63, 3.8) is 0 Å². The van der Waals surface area contributed by atoms with Gasteiger partial charge in [-0.15, -0.1) is 24.0 Å². The number of aliphatic imine (C=N–C) groups is 1. The number of guanidine groups is 1. The molecule has 1 saturated carbocycles. The Balaban J connectivity index is 0.00000243. The van der Waals surface area contributed by atoms with Crippen LogP contribution in [0, 0.1) is 0 Å². The Kier molecular flexibility index (Phi) is 8.99. The maximum atomic E-state index is 5.17. The summed E-state index contributed by atoms with van der Waals surface area (Å²) in [6, 6.07) is 0. The molecule has 0 atom stereocenters. The zero-order valence-electron chi connectivity index (χ0n) is 16.0. The highest BCUT2D eigenvalue weighted by molar-refractivity contribution is 14.0. The van der Waals surface area contributed by atoms with Crippen molar-refractivity contribution < 1.29 is 4.52 Å². The minimum Gasteiger partial charge on any atom is -0.357 e. The summed E-state index contributed by atoms with van der Waals surface area (Å²) in [6.45, 7) is 7.97. The van der Waals surface area contributed by atoms with E-state index in [-0.39, 0.29) is 24.0 Å². The third-order valence-corrected chi connectivity index (χ3v) is 6.59. The van der Waals surface area contributed by atoms with Gasteiger partial charge in [0.15, 0.2) is 11.8 Å². The quantitative estimate of drug-likeness (QED) is 0.385. The zero-order chi connectivity index (χ0) is 17.5. The lowest BCUT2D eigenvalue weighted by Gasteiger charge is -2.45. The van der Waals surface area contributed by atoms with Gasteiger partial charge < -0.3 is 14.7 Å². The molecule has 1 N–H and O–H groups in total. The van der Waals surface area contributed by atoms with Crippen LogP contribution in [-0.2, 0) is 12.8 Å². The molecule has 1 aliphatic carbocycles. The maximum absolute atomic E-state index is 5.17. The first-order valence-electron chi connectivity index (χ1n) is 9.73. The number of thioether (sulfide) groups is 1. The molecule has 6 nitrogen and oxygen atoms in total. The Hall–Kier alpha value is -0.510. The van der Waals surface area contributed by atoms with Crippen LogP contribution in [0.5, 0.6) is 0 Å². The SMILES string of the molecule is CCNC(=NCCc1noc(CC)n1)N1CCSC2(CCCCC2)C1.I. The van der Waals surface area contributed by atoms with Gasteiger partial charge in [-0.25, -0.2) is 0 Å². The Morgan fingerprint density at radius 1 is 1.31 bits per heavy atom. The number of hydrogen-bond donors (Lipinski definition) is 1. The molecular weight excluding hydrogens is 461 g/mol. The van der Waals surface area contributed by atoms with Crippen molar-refractivity contribution in [3.8, 4) is 0 Å². The Morgan fingerprint density at radius 2 is 2.12 bits per heavy atom. The van der Waals surface area contributed by atoms with Gasteiger partial charge in [-0.3, -0.25) is 4.99 Å². The second kappa shape index (κ2) is 10.7. The summed E-state index contributed by atoms with van der Waals surface area (Å²) in [6.07, 6.45) is 8.39. The van der Waals surface area contributed by atoms with Crippen LogP contribution in [0.15, 0.2) is 9.52 Å². The first-order valence-corrected chi connectivity index (χ1v) is 10.7. The van der Waals surface area contributed by atoms with Gasteiger partial charge in [-0.2, -0.15) is 16.7 Å². The molecular formula is C18H32IN5OS. The summed E-state index contributed by atoms with van der Waals surface area (Å²) in [5.41, 5.74) is 0. The van der Waals surface area contributed by atoms with E-state index in [1.807, 2.05) is 6.92 Å². The highest BCUT2D eigenvalue weighted by atomic mass is 127. The van der Waals surface area contributed by atoms with Gasteiger partial charge in [0.2, 0.25) is 5.89 Å². The molecule has 26 heavy (non-hydrogen) atoms. The molecule has 0 unspecified atom stereocenters. The van der Waals surface area contributed by atoms with Crippen LogP contribution in [0.3, 0.4) is 0 Å². The van der Waals surface area contributed by atoms with Gasteiger partial charge in [-0.1, -0.05) is 31.3 Å². The second-order valence-electron chi connectivity index (χ2n) is 6.96. The Morgan fingerprint density at radius 3 is 2.81 bits per heavy atom. The molecule has 0 bridgehead atoms. The van der Waals surface area contributed by atoms with Crippen molar-refractivity contribution in [2.75, 3.05) is 31.9 Å². The number of nitrogens with zero attached hydrogens (tertiary/aromatic N) is 4. The van der Waals surface area contributed by atoms with E-state index in [0.717, 1.165) is 44.3 Å². The summed E-state index contributed by atoms with van der Waals surface area (Å²) in [5.74, 6) is 3.72. The lowest BCUT2D eigenvalue weighted by atomic mass is 9.87. The molecule has 0 amide bonds. The third kappa shape index (κ3) is 5.74. The molecule has 1 aromatic rings. The molecule has 2 aliphatic rings. The fourth-order valence-corrected chi connectivity index (χ4v) is 5.32. The topological polar surface area (TPSA) is 66.5 Å². The molecule has 0 aromatic carbocycles. The average Bonchev–Trinajstić information content (AvgIpc) is 3.10. The molecule has 1 spiro atoms. The number of halogens is 1. The predicted molar refractivity (Wildman–Crippen MR) is 119 cm³/mol. The number of hydrogen-bond acceptors (Lipinski definition) is 5. The molecule has 1 aromatic heterocycles. The molecule has 2 heterocycles. The van der Waals surface area contributed by atoms with E-state index in [2.05, 4.69) is 39.0 Å². The van der Waals surface area contributed by atoms with E-state index in [0.29, 0.717) is 17.2 Å². The van der Waals surface area contributed by atoms with Crippen LogP contribution in [0.2, 0.25) is 0 Å². The standard InChI is InChI=1S/C18H31N5OS.HI/c1-3-16-21-15(22-24-16)8-11-20-17(19-4-2)23-12-13-25-18(14-23)9-6-5-7-10-18;/h3-14H2,1-2H3,(H,19,20);1H. The van der Waals surface area contributed by atoms with Gasteiger partial charge in [0.1, 0.15) is 0 Å². The summed E-state index contributed by atoms with van der Waals surface area (Å²) in [4.78, 5) is 11.7. The fourth-order valence-electron chi connectivity index (χ4n) is 3.75. The number of rotatable bonds is 5. The van der Waals surface area contributed by atoms with E-state index in [4.69, 9.17) is 9.52 Å². The Labute approximate surface area is 178 Å². The van der Waals surface area contributed by atoms with Gasteiger partial charge >= 0.3 is 0 Å². The van der Waals surface area contributed by atoms with E-state index in [1.54, 1.807) is 0 Å². The molecule has 2 fully saturated rings. The van der Waals surface area contributed by atoms with Crippen LogP contribution in [-0.4, -0.2) is 57.7 Å². The van der Waals surface area contributed by atoms with Gasteiger partial charge in [0.25, 0.3) is 0 Å². The normalized spacial score (nSPS) is 20.1. The van der Waals surface area contributed by atoms with Crippen LogP contribution in [0.4, 0.5) is 0 Å². The minimum absolute atomic E-state index is 0. The summed E-state index contributed by atoms with van der Waals surface area (Å²) < 4.78 is 5.63. The lowest BCUT2D eigenvalue weighted by molar-refractivity contribution is 0.293. The van der Waals surface area contributed by atoms with Crippen molar-refractivity contribution in [3.05, 3.63) is 11.7 Å². The van der Waals surface area contributed by atoms with Crippen molar-refractivity contribution in [1.82, 2.24) is 20.4 Å². The van der Waals surface area contributed by atoms with E-state index in [1.165, 1.54) is 37.9 Å². The number of aryl methyl sites for hydroxylation is 1. The zero-order valence-corrected chi connectivity index (χ0v) is 19.1. The molecule has 0 radical (unpaired) electrons. The fraction of sp³-hybridized carbons (Fsp3) is 0.833. The third-order valence-electron chi connectivity index (χ3n) is 5.06. The van der Waals surface area contributed by atoms with Gasteiger partial charge in [0, 0.05) is 49.5 Å². The number of aromatic nitrogens is 2.